The van der Waals surface area contributed by atoms with E-state index < -0.39 is 40.7 Å². The third-order valence-corrected chi connectivity index (χ3v) is 7.75. The second-order valence-corrected chi connectivity index (χ2v) is 10.3. The van der Waals surface area contributed by atoms with Gasteiger partial charge in [0.05, 0.1) is 17.6 Å². The highest BCUT2D eigenvalue weighted by atomic mass is 32.2. The first-order valence-corrected chi connectivity index (χ1v) is 12.2. The molecule has 1 unspecified atom stereocenters. The van der Waals surface area contributed by atoms with Crippen LogP contribution in [0.2, 0.25) is 0 Å². The lowest BCUT2D eigenvalue weighted by atomic mass is 9.91. The van der Waals surface area contributed by atoms with Gasteiger partial charge in [0.15, 0.2) is 0 Å². The zero-order valence-electron chi connectivity index (χ0n) is 19.7. The van der Waals surface area contributed by atoms with E-state index in [0.29, 0.717) is 17.7 Å². The van der Waals surface area contributed by atoms with Crippen LogP contribution in [0, 0.1) is 0 Å². The number of alkyl halides is 6. The first-order chi connectivity index (χ1) is 17.3. The lowest BCUT2D eigenvalue weighted by Crippen LogP contribution is -2.54. The molecule has 3 aromatic rings. The summed E-state index contributed by atoms with van der Waals surface area (Å²) < 4.78 is 81.2. The van der Waals surface area contributed by atoms with E-state index in [1.807, 2.05) is 12.1 Å². The third-order valence-electron chi connectivity index (χ3n) is 6.54. The first-order valence-electron chi connectivity index (χ1n) is 11.4. The predicted octanol–water partition coefficient (Wildman–Crippen LogP) is 7.37. The minimum absolute atomic E-state index is 0.0396. The van der Waals surface area contributed by atoms with Gasteiger partial charge in [-0.05, 0) is 30.2 Å². The van der Waals surface area contributed by atoms with Crippen molar-refractivity contribution in [3.05, 3.63) is 95.6 Å². The molecule has 10 heteroatoms. The standard InChI is InChI=1S/C27H23F6NO2S/c1-16(18-9-5-3-6-10-18)24(35)34-21-14-13-20(25(36,26(28,29)30)27(31,32)33)15-22(21)37-17(2)23(34)19-11-7-4-8-12-19/h3-17,23,36H,1-2H3/t16?,17-,23-/m1/s1. The lowest BCUT2D eigenvalue weighted by molar-refractivity contribution is -0.376. The Bertz CT molecular complexity index is 1250. The average molecular weight is 540 g/mol. The zero-order valence-corrected chi connectivity index (χ0v) is 20.5. The quantitative estimate of drug-likeness (QED) is 0.352. The van der Waals surface area contributed by atoms with Gasteiger partial charge >= 0.3 is 12.4 Å². The molecule has 0 saturated heterocycles. The number of carbonyl (C=O) groups excluding carboxylic acids is 1. The molecule has 196 valence electrons. The summed E-state index contributed by atoms with van der Waals surface area (Å²) >= 11 is 1.06. The smallest absolute Gasteiger partial charge is 0.369 e. The maximum absolute atomic E-state index is 13.9. The monoisotopic (exact) mass is 539 g/mol. The van der Waals surface area contributed by atoms with Crippen molar-refractivity contribution in [3.8, 4) is 0 Å². The Hall–Kier alpha value is -2.98. The number of carbonyl (C=O) groups is 1. The summed E-state index contributed by atoms with van der Waals surface area (Å²) in [5, 5.41) is 9.50. The molecule has 3 nitrogen and oxygen atoms in total. The van der Waals surface area contributed by atoms with E-state index in [2.05, 4.69) is 0 Å². The molecule has 0 spiro atoms. The number of anilines is 1. The van der Waals surface area contributed by atoms with E-state index in [9.17, 15) is 36.2 Å². The molecule has 0 aromatic heterocycles. The number of nitrogens with zero attached hydrogens (tertiary/aromatic N) is 1. The van der Waals surface area contributed by atoms with E-state index in [1.165, 1.54) is 4.90 Å². The summed E-state index contributed by atoms with van der Waals surface area (Å²) in [5.74, 6) is -0.999. The van der Waals surface area contributed by atoms with Gasteiger partial charge < -0.3 is 10.0 Å². The lowest BCUT2D eigenvalue weighted by Gasteiger charge is -2.43. The van der Waals surface area contributed by atoms with Gasteiger partial charge in [0.1, 0.15) is 0 Å². The van der Waals surface area contributed by atoms with Crippen molar-refractivity contribution in [2.45, 2.75) is 53.9 Å². The molecule has 3 aromatic carbocycles. The molecular formula is C27H23F6NO2S. The van der Waals surface area contributed by atoms with Crippen molar-refractivity contribution in [3.63, 3.8) is 0 Å². The van der Waals surface area contributed by atoms with Gasteiger partial charge in [-0.1, -0.05) is 73.7 Å². The number of amides is 1. The summed E-state index contributed by atoms with van der Waals surface area (Å²) in [4.78, 5) is 15.4. The molecule has 0 saturated carbocycles. The minimum atomic E-state index is -6.01. The van der Waals surface area contributed by atoms with Gasteiger partial charge in [0.2, 0.25) is 5.91 Å². The normalized spacial score (nSPS) is 19.3. The van der Waals surface area contributed by atoms with E-state index in [-0.39, 0.29) is 16.5 Å². The van der Waals surface area contributed by atoms with Crippen LogP contribution in [0.3, 0.4) is 0 Å². The van der Waals surface area contributed by atoms with Crippen molar-refractivity contribution in [1.29, 1.82) is 0 Å². The summed E-state index contributed by atoms with van der Waals surface area (Å²) in [6.45, 7) is 3.46. The topological polar surface area (TPSA) is 40.5 Å². The van der Waals surface area contributed by atoms with Crippen molar-refractivity contribution < 1.29 is 36.2 Å². The molecule has 1 amide bonds. The fraction of sp³-hybridized carbons (Fsp3) is 0.296. The van der Waals surface area contributed by atoms with Crippen LogP contribution >= 0.6 is 11.8 Å². The van der Waals surface area contributed by atoms with Gasteiger partial charge in [-0.25, -0.2) is 0 Å². The molecule has 1 aliphatic heterocycles. The molecule has 0 bridgehead atoms. The van der Waals surface area contributed by atoms with E-state index in [0.717, 1.165) is 23.4 Å². The maximum Gasteiger partial charge on any atom is 0.430 e. The Morgan fingerprint density at radius 3 is 1.97 bits per heavy atom. The van der Waals surface area contributed by atoms with Crippen molar-refractivity contribution in [2.75, 3.05) is 4.90 Å². The Balaban J connectivity index is 1.88. The summed E-state index contributed by atoms with van der Waals surface area (Å²) in [6, 6.07) is 19.7. The van der Waals surface area contributed by atoms with Crippen LogP contribution in [-0.4, -0.2) is 28.6 Å². The Labute approximate surface area is 214 Å². The maximum atomic E-state index is 13.9. The predicted molar refractivity (Wildman–Crippen MR) is 129 cm³/mol. The highest BCUT2D eigenvalue weighted by Crippen LogP contribution is 2.54. The number of halogens is 6. The third kappa shape index (κ3) is 4.72. The second kappa shape index (κ2) is 9.72. The van der Waals surface area contributed by atoms with Crippen LogP contribution in [0.5, 0.6) is 0 Å². The number of fused-ring (bicyclic) bond motifs is 1. The molecule has 3 atom stereocenters. The Kier molecular flexibility index (Phi) is 7.11. The van der Waals surface area contributed by atoms with Crippen LogP contribution in [-0.2, 0) is 10.4 Å². The zero-order chi connectivity index (χ0) is 27.2. The van der Waals surface area contributed by atoms with Crippen molar-refractivity contribution in [2.24, 2.45) is 0 Å². The van der Waals surface area contributed by atoms with E-state index in [1.54, 1.807) is 62.4 Å². The fourth-order valence-corrected chi connectivity index (χ4v) is 5.85. The van der Waals surface area contributed by atoms with E-state index in [4.69, 9.17) is 0 Å². The number of rotatable bonds is 4. The van der Waals surface area contributed by atoms with Gasteiger partial charge in [-0.2, -0.15) is 26.3 Å². The van der Waals surface area contributed by atoms with Gasteiger partial charge in [-0.15, -0.1) is 11.8 Å². The number of aliphatic hydroxyl groups is 1. The van der Waals surface area contributed by atoms with Gasteiger partial charge in [0.25, 0.3) is 5.60 Å². The Morgan fingerprint density at radius 1 is 0.892 bits per heavy atom. The molecule has 1 aliphatic rings. The average Bonchev–Trinajstić information content (AvgIpc) is 2.85. The molecule has 0 radical (unpaired) electrons. The Morgan fingerprint density at radius 2 is 1.43 bits per heavy atom. The molecular weight excluding hydrogens is 516 g/mol. The largest absolute Gasteiger partial charge is 0.430 e. The summed E-state index contributed by atoms with van der Waals surface area (Å²) in [5.41, 5.74) is -4.74. The number of benzene rings is 3. The van der Waals surface area contributed by atoms with Crippen LogP contribution < -0.4 is 4.90 Å². The number of thioether (sulfide) groups is 1. The van der Waals surface area contributed by atoms with Gasteiger partial charge in [-0.3, -0.25) is 4.79 Å². The van der Waals surface area contributed by atoms with Crippen molar-refractivity contribution >= 4 is 23.4 Å². The highest BCUT2D eigenvalue weighted by Gasteiger charge is 2.71. The molecule has 4 rings (SSSR count). The number of hydrogen-bond acceptors (Lipinski definition) is 3. The highest BCUT2D eigenvalue weighted by molar-refractivity contribution is 8.00. The summed E-state index contributed by atoms with van der Waals surface area (Å²) in [6.07, 6.45) is -12.0. The molecule has 0 fully saturated rings. The fourth-order valence-electron chi connectivity index (χ4n) is 4.56. The number of hydrogen-bond donors (Lipinski definition) is 1. The van der Waals surface area contributed by atoms with Crippen LogP contribution in [0.4, 0.5) is 32.0 Å². The second-order valence-electron chi connectivity index (χ2n) is 8.91. The van der Waals surface area contributed by atoms with E-state index >= 15 is 0 Å². The molecule has 0 aliphatic carbocycles. The first kappa shape index (κ1) is 27.1. The molecule has 1 N–H and O–H groups in total. The molecule has 37 heavy (non-hydrogen) atoms. The molecule has 1 heterocycles. The summed E-state index contributed by atoms with van der Waals surface area (Å²) in [7, 11) is 0. The minimum Gasteiger partial charge on any atom is -0.369 e. The van der Waals surface area contributed by atoms with Crippen molar-refractivity contribution in [1.82, 2.24) is 0 Å². The van der Waals surface area contributed by atoms with Gasteiger partial charge in [0, 0.05) is 15.7 Å². The SMILES string of the molecule is CC(C(=O)N1c2ccc(C(O)(C(F)(F)F)C(F)(F)F)cc2S[C@H](C)[C@@H]1c1ccccc1)c1ccccc1. The van der Waals surface area contributed by atoms with Crippen LogP contribution in [0.1, 0.15) is 42.5 Å². The van der Waals surface area contributed by atoms with Crippen LogP contribution in [0.15, 0.2) is 83.8 Å². The van der Waals surface area contributed by atoms with Crippen LogP contribution in [0.25, 0.3) is 0 Å².